The SMILES string of the molecule is C=C/C=C/COC1(OC)C=CC(=O)C=C1. The van der Waals surface area contributed by atoms with Gasteiger partial charge >= 0.3 is 0 Å². The van der Waals surface area contributed by atoms with E-state index >= 15 is 0 Å². The Kier molecular flexibility index (Phi) is 4.21. The Morgan fingerprint density at radius 3 is 2.67 bits per heavy atom. The zero-order chi connectivity index (χ0) is 11.1. The molecular weight excluding hydrogens is 192 g/mol. The van der Waals surface area contributed by atoms with Crippen molar-refractivity contribution < 1.29 is 14.3 Å². The van der Waals surface area contributed by atoms with Crippen LogP contribution in [0.5, 0.6) is 0 Å². The molecule has 80 valence electrons. The Balaban J connectivity index is 2.58. The molecule has 0 unspecified atom stereocenters. The number of carbonyl (C=O) groups is 1. The summed E-state index contributed by atoms with van der Waals surface area (Å²) < 4.78 is 10.7. The third-order valence-corrected chi connectivity index (χ3v) is 1.96. The van der Waals surface area contributed by atoms with Gasteiger partial charge in [0, 0.05) is 7.11 Å². The van der Waals surface area contributed by atoms with Gasteiger partial charge in [-0.1, -0.05) is 24.8 Å². The molecule has 0 aromatic rings. The number of carbonyl (C=O) groups excluding carboxylic acids is 1. The third-order valence-electron chi connectivity index (χ3n) is 1.96. The Morgan fingerprint density at radius 2 is 2.13 bits per heavy atom. The summed E-state index contributed by atoms with van der Waals surface area (Å²) in [4.78, 5) is 10.9. The van der Waals surface area contributed by atoms with E-state index in [4.69, 9.17) is 9.47 Å². The molecule has 0 radical (unpaired) electrons. The normalized spacial score (nSPS) is 18.6. The molecule has 0 atom stereocenters. The van der Waals surface area contributed by atoms with Crippen molar-refractivity contribution in [1.29, 1.82) is 0 Å². The molecule has 1 rings (SSSR count). The Bertz CT molecular complexity index is 308. The van der Waals surface area contributed by atoms with Crippen LogP contribution >= 0.6 is 0 Å². The smallest absolute Gasteiger partial charge is 0.208 e. The molecule has 15 heavy (non-hydrogen) atoms. The zero-order valence-corrected chi connectivity index (χ0v) is 8.68. The highest BCUT2D eigenvalue weighted by molar-refractivity contribution is 6.00. The molecule has 0 heterocycles. The van der Waals surface area contributed by atoms with Crippen LogP contribution in [0.2, 0.25) is 0 Å². The molecule has 1 aliphatic rings. The molecule has 1 aliphatic carbocycles. The fourth-order valence-electron chi connectivity index (χ4n) is 1.13. The van der Waals surface area contributed by atoms with E-state index in [1.54, 1.807) is 24.3 Å². The van der Waals surface area contributed by atoms with Crippen molar-refractivity contribution in [2.75, 3.05) is 13.7 Å². The van der Waals surface area contributed by atoms with Gasteiger partial charge in [-0.15, -0.1) is 0 Å². The minimum Gasteiger partial charge on any atom is -0.346 e. The molecule has 0 aromatic carbocycles. The van der Waals surface area contributed by atoms with Crippen molar-refractivity contribution in [1.82, 2.24) is 0 Å². The second-order valence-electron chi connectivity index (χ2n) is 2.97. The van der Waals surface area contributed by atoms with Gasteiger partial charge in [0.15, 0.2) is 5.78 Å². The van der Waals surface area contributed by atoms with Crippen LogP contribution in [-0.2, 0) is 14.3 Å². The van der Waals surface area contributed by atoms with Crippen LogP contribution in [0.15, 0.2) is 49.1 Å². The molecule has 0 amide bonds. The van der Waals surface area contributed by atoms with Gasteiger partial charge in [0.1, 0.15) is 0 Å². The van der Waals surface area contributed by atoms with Crippen molar-refractivity contribution in [2.45, 2.75) is 5.79 Å². The van der Waals surface area contributed by atoms with Gasteiger partial charge in [-0.05, 0) is 24.3 Å². The average molecular weight is 206 g/mol. The number of ketones is 1. The van der Waals surface area contributed by atoms with E-state index in [2.05, 4.69) is 6.58 Å². The number of hydrogen-bond donors (Lipinski definition) is 0. The molecule has 0 fully saturated rings. The molecule has 0 aromatic heterocycles. The van der Waals surface area contributed by atoms with Crippen LogP contribution in [0.4, 0.5) is 0 Å². The lowest BCUT2D eigenvalue weighted by molar-refractivity contribution is -0.147. The second-order valence-corrected chi connectivity index (χ2v) is 2.97. The van der Waals surface area contributed by atoms with Gasteiger partial charge in [-0.3, -0.25) is 4.79 Å². The van der Waals surface area contributed by atoms with Crippen molar-refractivity contribution in [3.05, 3.63) is 49.1 Å². The van der Waals surface area contributed by atoms with Gasteiger partial charge in [0.25, 0.3) is 0 Å². The molecule has 3 heteroatoms. The van der Waals surface area contributed by atoms with Crippen LogP contribution in [0.3, 0.4) is 0 Å². The first-order valence-electron chi connectivity index (χ1n) is 4.61. The first-order chi connectivity index (χ1) is 7.22. The number of ether oxygens (including phenoxy) is 2. The summed E-state index contributed by atoms with van der Waals surface area (Å²) in [6.07, 6.45) is 11.3. The first-order valence-corrected chi connectivity index (χ1v) is 4.61. The van der Waals surface area contributed by atoms with Crippen LogP contribution < -0.4 is 0 Å². The van der Waals surface area contributed by atoms with Crippen LogP contribution in [0.1, 0.15) is 0 Å². The minimum atomic E-state index is -0.917. The first kappa shape index (κ1) is 11.6. The maximum Gasteiger partial charge on any atom is 0.208 e. The van der Waals surface area contributed by atoms with Gasteiger partial charge in [-0.25, -0.2) is 0 Å². The predicted octanol–water partition coefficient (Wildman–Crippen LogP) is 1.78. The molecule has 0 N–H and O–H groups in total. The lowest BCUT2D eigenvalue weighted by Crippen LogP contribution is -2.32. The topological polar surface area (TPSA) is 35.5 Å². The van der Waals surface area contributed by atoms with Crippen LogP contribution in [-0.4, -0.2) is 25.3 Å². The van der Waals surface area contributed by atoms with Gasteiger partial charge in [0.05, 0.1) is 6.61 Å². The zero-order valence-electron chi connectivity index (χ0n) is 8.68. The van der Waals surface area contributed by atoms with E-state index < -0.39 is 5.79 Å². The molecule has 0 saturated carbocycles. The van der Waals surface area contributed by atoms with Gasteiger partial charge < -0.3 is 9.47 Å². The standard InChI is InChI=1S/C12H14O3/c1-3-4-5-10-15-12(14-2)8-6-11(13)7-9-12/h3-9H,1,10H2,2H3/b5-4+. The van der Waals surface area contributed by atoms with E-state index in [1.165, 1.54) is 19.3 Å². The predicted molar refractivity (Wildman–Crippen MR) is 58.3 cm³/mol. The fraction of sp³-hybridized carbons (Fsp3) is 0.250. The van der Waals surface area contributed by atoms with E-state index in [1.807, 2.05) is 6.08 Å². The van der Waals surface area contributed by atoms with E-state index in [0.717, 1.165) is 0 Å². The quantitative estimate of drug-likeness (QED) is 0.508. The molecule has 0 spiro atoms. The van der Waals surface area contributed by atoms with Crippen molar-refractivity contribution in [2.24, 2.45) is 0 Å². The molecule has 0 aliphatic heterocycles. The monoisotopic (exact) mass is 206 g/mol. The van der Waals surface area contributed by atoms with Crippen molar-refractivity contribution in [3.63, 3.8) is 0 Å². The van der Waals surface area contributed by atoms with E-state index in [9.17, 15) is 4.79 Å². The number of rotatable bonds is 5. The Morgan fingerprint density at radius 1 is 1.47 bits per heavy atom. The highest BCUT2D eigenvalue weighted by Gasteiger charge is 2.26. The molecule has 3 nitrogen and oxygen atoms in total. The largest absolute Gasteiger partial charge is 0.346 e. The summed E-state index contributed by atoms with van der Waals surface area (Å²) in [6, 6.07) is 0. The Hall–Kier alpha value is -1.45. The number of methoxy groups -OCH3 is 1. The van der Waals surface area contributed by atoms with Crippen molar-refractivity contribution in [3.8, 4) is 0 Å². The highest BCUT2D eigenvalue weighted by atomic mass is 16.7. The number of hydrogen-bond acceptors (Lipinski definition) is 3. The summed E-state index contributed by atoms with van der Waals surface area (Å²) in [5, 5.41) is 0. The fourth-order valence-corrected chi connectivity index (χ4v) is 1.13. The van der Waals surface area contributed by atoms with Crippen LogP contribution in [0.25, 0.3) is 0 Å². The summed E-state index contributed by atoms with van der Waals surface area (Å²) in [7, 11) is 1.53. The summed E-state index contributed by atoms with van der Waals surface area (Å²) in [6.45, 7) is 3.94. The Labute approximate surface area is 89.4 Å². The molecular formula is C12H14O3. The lowest BCUT2D eigenvalue weighted by Gasteiger charge is -2.26. The summed E-state index contributed by atoms with van der Waals surface area (Å²) in [5.41, 5.74) is 0. The highest BCUT2D eigenvalue weighted by Crippen LogP contribution is 2.19. The van der Waals surface area contributed by atoms with Crippen LogP contribution in [0, 0.1) is 0 Å². The van der Waals surface area contributed by atoms with Gasteiger partial charge in [-0.2, -0.15) is 0 Å². The molecule has 0 saturated heterocycles. The van der Waals surface area contributed by atoms with E-state index in [0.29, 0.717) is 6.61 Å². The maximum atomic E-state index is 10.9. The lowest BCUT2D eigenvalue weighted by atomic mass is 10.1. The summed E-state index contributed by atoms with van der Waals surface area (Å²) >= 11 is 0. The number of allylic oxidation sites excluding steroid dienone is 4. The maximum absolute atomic E-state index is 10.9. The third kappa shape index (κ3) is 3.31. The molecule has 0 bridgehead atoms. The second kappa shape index (κ2) is 5.44. The van der Waals surface area contributed by atoms with E-state index in [-0.39, 0.29) is 5.78 Å². The minimum absolute atomic E-state index is 0.0621. The van der Waals surface area contributed by atoms with Gasteiger partial charge in [0.2, 0.25) is 5.79 Å². The van der Waals surface area contributed by atoms with Crippen molar-refractivity contribution >= 4 is 5.78 Å². The summed E-state index contributed by atoms with van der Waals surface area (Å²) in [5.74, 6) is -0.979. The average Bonchev–Trinajstić information content (AvgIpc) is 2.28.